The largest absolute Gasteiger partial charge is 0.573 e. The molecule has 1 aromatic rings. The number of nitrogens with two attached hydrogens (primary N) is 2. The monoisotopic (exact) mass is 284 g/mol. The number of nitrogen functional groups attached to an aromatic ring is 1. The topological polar surface area (TPSA) is 61.3 Å². The molecule has 1 rings (SSSR count). The van der Waals surface area contributed by atoms with Gasteiger partial charge in [-0.1, -0.05) is 0 Å². The summed E-state index contributed by atoms with van der Waals surface area (Å²) in [5, 5.41) is 0. The Kier molecular flexibility index (Phi) is 3.46. The fourth-order valence-corrected chi connectivity index (χ4v) is 1.31. The van der Waals surface area contributed by atoms with Crippen LogP contribution in [0, 0.1) is 0 Å². The van der Waals surface area contributed by atoms with E-state index in [1.54, 1.807) is 0 Å². The third-order valence-corrected chi connectivity index (χ3v) is 2.44. The number of halogens is 4. The SMILES string of the molecule is NCc1cc(N)c(Br)c(OC(F)(F)F)c1. The van der Waals surface area contributed by atoms with Crippen LogP contribution in [0.15, 0.2) is 16.6 Å². The van der Waals surface area contributed by atoms with Crippen molar-refractivity contribution in [3.05, 3.63) is 22.2 Å². The van der Waals surface area contributed by atoms with Crippen LogP contribution < -0.4 is 16.2 Å². The normalized spacial score (nSPS) is 11.5. The zero-order chi connectivity index (χ0) is 11.6. The van der Waals surface area contributed by atoms with Crippen LogP contribution in [-0.4, -0.2) is 6.36 Å². The van der Waals surface area contributed by atoms with Gasteiger partial charge < -0.3 is 16.2 Å². The van der Waals surface area contributed by atoms with Crippen molar-refractivity contribution in [2.75, 3.05) is 5.73 Å². The molecule has 15 heavy (non-hydrogen) atoms. The van der Waals surface area contributed by atoms with E-state index in [-0.39, 0.29) is 22.5 Å². The van der Waals surface area contributed by atoms with E-state index in [0.29, 0.717) is 5.56 Å². The van der Waals surface area contributed by atoms with Gasteiger partial charge in [0.05, 0.1) is 4.47 Å². The Morgan fingerprint density at radius 3 is 2.40 bits per heavy atom. The minimum absolute atomic E-state index is 0.0667. The summed E-state index contributed by atoms with van der Waals surface area (Å²) in [6, 6.07) is 2.67. The lowest BCUT2D eigenvalue weighted by atomic mass is 10.2. The molecule has 4 N–H and O–H groups in total. The maximum atomic E-state index is 12.0. The number of anilines is 1. The molecule has 0 amide bonds. The Hall–Kier alpha value is -0.950. The summed E-state index contributed by atoms with van der Waals surface area (Å²) in [6.45, 7) is 0.0890. The average molecular weight is 285 g/mol. The molecule has 0 aromatic heterocycles. The molecule has 0 atom stereocenters. The van der Waals surface area contributed by atoms with Gasteiger partial charge in [-0.2, -0.15) is 0 Å². The molecule has 7 heteroatoms. The summed E-state index contributed by atoms with van der Waals surface area (Å²) >= 11 is 2.91. The van der Waals surface area contributed by atoms with Crippen molar-refractivity contribution < 1.29 is 17.9 Å². The Labute approximate surface area is 92.3 Å². The Bertz CT molecular complexity index is 368. The first-order valence-corrected chi connectivity index (χ1v) is 4.66. The molecule has 0 bridgehead atoms. The molecule has 0 spiro atoms. The van der Waals surface area contributed by atoms with Crippen molar-refractivity contribution in [2.45, 2.75) is 12.9 Å². The van der Waals surface area contributed by atoms with Crippen LogP contribution in [0.3, 0.4) is 0 Å². The van der Waals surface area contributed by atoms with Gasteiger partial charge in [0.2, 0.25) is 0 Å². The van der Waals surface area contributed by atoms with E-state index in [2.05, 4.69) is 20.7 Å². The maximum Gasteiger partial charge on any atom is 0.573 e. The lowest BCUT2D eigenvalue weighted by Gasteiger charge is -2.13. The van der Waals surface area contributed by atoms with Crippen molar-refractivity contribution in [3.63, 3.8) is 0 Å². The maximum absolute atomic E-state index is 12.0. The van der Waals surface area contributed by atoms with Gasteiger partial charge in [-0.15, -0.1) is 13.2 Å². The van der Waals surface area contributed by atoms with E-state index < -0.39 is 6.36 Å². The van der Waals surface area contributed by atoms with E-state index in [1.165, 1.54) is 12.1 Å². The summed E-state index contributed by atoms with van der Waals surface area (Å²) in [5.74, 6) is -0.386. The Morgan fingerprint density at radius 2 is 1.93 bits per heavy atom. The molecule has 0 aliphatic rings. The third-order valence-electron chi connectivity index (χ3n) is 1.59. The molecule has 84 valence electrons. The van der Waals surface area contributed by atoms with Crippen LogP contribution in [0.4, 0.5) is 18.9 Å². The fraction of sp³-hybridized carbons (Fsp3) is 0.250. The number of alkyl halides is 3. The van der Waals surface area contributed by atoms with Crippen molar-refractivity contribution in [2.24, 2.45) is 5.73 Å². The molecule has 0 unspecified atom stereocenters. The summed E-state index contributed by atoms with van der Waals surface area (Å²) in [5.41, 5.74) is 11.4. The van der Waals surface area contributed by atoms with Crippen LogP contribution in [0.5, 0.6) is 5.75 Å². The first-order valence-electron chi connectivity index (χ1n) is 3.87. The fourth-order valence-electron chi connectivity index (χ4n) is 0.996. The molecule has 3 nitrogen and oxygen atoms in total. The summed E-state index contributed by atoms with van der Waals surface area (Å²) < 4.78 is 39.8. The first-order chi connectivity index (χ1) is 6.83. The van der Waals surface area contributed by atoms with Gasteiger partial charge in [0, 0.05) is 12.2 Å². The van der Waals surface area contributed by atoms with Crippen LogP contribution in [0.2, 0.25) is 0 Å². The van der Waals surface area contributed by atoms with Crippen molar-refractivity contribution in [1.29, 1.82) is 0 Å². The first kappa shape index (κ1) is 12.1. The van der Waals surface area contributed by atoms with Gasteiger partial charge in [0.25, 0.3) is 0 Å². The predicted octanol–water partition coefficient (Wildman–Crippen LogP) is 2.39. The highest BCUT2D eigenvalue weighted by atomic mass is 79.9. The molecule has 0 aliphatic carbocycles. The van der Waals surface area contributed by atoms with E-state index in [1.807, 2.05) is 0 Å². The molecular formula is C8H8BrF3N2O. The summed E-state index contributed by atoms with van der Waals surface area (Å²) in [7, 11) is 0. The van der Waals surface area contributed by atoms with Crippen molar-refractivity contribution in [3.8, 4) is 5.75 Å². The number of hydrogen-bond donors (Lipinski definition) is 2. The van der Waals surface area contributed by atoms with Crippen LogP contribution in [0.25, 0.3) is 0 Å². The van der Waals surface area contributed by atoms with Gasteiger partial charge in [0.1, 0.15) is 5.75 Å². The molecule has 0 heterocycles. The van der Waals surface area contributed by atoms with E-state index in [0.717, 1.165) is 0 Å². The molecule has 0 saturated heterocycles. The van der Waals surface area contributed by atoms with E-state index in [4.69, 9.17) is 11.5 Å². The quantitative estimate of drug-likeness (QED) is 0.820. The lowest BCUT2D eigenvalue weighted by molar-refractivity contribution is -0.274. The third kappa shape index (κ3) is 3.28. The van der Waals surface area contributed by atoms with E-state index >= 15 is 0 Å². The number of ether oxygens (including phenoxy) is 1. The summed E-state index contributed by atoms with van der Waals surface area (Å²) in [4.78, 5) is 0. The number of benzene rings is 1. The molecule has 1 aromatic carbocycles. The lowest BCUT2D eigenvalue weighted by Crippen LogP contribution is -2.18. The molecule has 0 radical (unpaired) electrons. The average Bonchev–Trinajstić information content (AvgIpc) is 2.10. The van der Waals surface area contributed by atoms with Crippen LogP contribution >= 0.6 is 15.9 Å². The van der Waals surface area contributed by atoms with Gasteiger partial charge in [-0.05, 0) is 33.6 Å². The molecular weight excluding hydrogens is 277 g/mol. The summed E-state index contributed by atoms with van der Waals surface area (Å²) in [6.07, 6.45) is -4.75. The second-order valence-electron chi connectivity index (χ2n) is 2.75. The number of rotatable bonds is 2. The number of hydrogen-bond acceptors (Lipinski definition) is 3. The van der Waals surface area contributed by atoms with Crippen LogP contribution in [-0.2, 0) is 6.54 Å². The smallest absolute Gasteiger partial charge is 0.404 e. The highest BCUT2D eigenvalue weighted by molar-refractivity contribution is 9.10. The van der Waals surface area contributed by atoms with E-state index in [9.17, 15) is 13.2 Å². The zero-order valence-electron chi connectivity index (χ0n) is 7.44. The second kappa shape index (κ2) is 4.28. The molecule has 0 saturated carbocycles. The predicted molar refractivity (Wildman–Crippen MR) is 53.1 cm³/mol. The minimum atomic E-state index is -4.75. The highest BCUT2D eigenvalue weighted by Crippen LogP contribution is 2.35. The van der Waals surface area contributed by atoms with Crippen molar-refractivity contribution >= 4 is 21.6 Å². The molecule has 0 aliphatic heterocycles. The Morgan fingerprint density at radius 1 is 1.33 bits per heavy atom. The zero-order valence-corrected chi connectivity index (χ0v) is 9.02. The molecule has 0 fully saturated rings. The van der Waals surface area contributed by atoms with Crippen LogP contribution in [0.1, 0.15) is 5.56 Å². The highest BCUT2D eigenvalue weighted by Gasteiger charge is 2.32. The minimum Gasteiger partial charge on any atom is -0.404 e. The van der Waals surface area contributed by atoms with Gasteiger partial charge in [0.15, 0.2) is 0 Å². The van der Waals surface area contributed by atoms with Gasteiger partial charge in [-0.3, -0.25) is 0 Å². The van der Waals surface area contributed by atoms with Gasteiger partial charge >= 0.3 is 6.36 Å². The standard InChI is InChI=1S/C8H8BrF3N2O/c9-7-5(14)1-4(3-13)2-6(7)15-8(10,11)12/h1-2H,3,13-14H2. The Balaban J connectivity index is 3.11. The van der Waals surface area contributed by atoms with Gasteiger partial charge in [-0.25, -0.2) is 0 Å². The van der Waals surface area contributed by atoms with Crippen molar-refractivity contribution in [1.82, 2.24) is 0 Å². The second-order valence-corrected chi connectivity index (χ2v) is 3.54.